The van der Waals surface area contributed by atoms with Crippen molar-refractivity contribution in [2.75, 3.05) is 13.7 Å². The fourth-order valence-electron chi connectivity index (χ4n) is 2.38. The summed E-state index contributed by atoms with van der Waals surface area (Å²) in [4.78, 5) is 25.4. The Morgan fingerprint density at radius 2 is 2.04 bits per heavy atom. The molecule has 0 bridgehead atoms. The Balaban J connectivity index is 1.60. The van der Waals surface area contributed by atoms with E-state index in [4.69, 9.17) is 9.15 Å². The Labute approximate surface area is 154 Å². The molecule has 0 spiro atoms. The molecule has 142 valence electrons. The second kappa shape index (κ2) is 7.64. The van der Waals surface area contributed by atoms with Gasteiger partial charge in [0.2, 0.25) is 15.9 Å². The minimum atomic E-state index is -3.94. The fraction of sp³-hybridized carbons (Fsp3) is 0.176. The van der Waals surface area contributed by atoms with Gasteiger partial charge in [0.1, 0.15) is 5.75 Å². The molecule has 0 atom stereocenters. The number of sulfonamides is 1. The van der Waals surface area contributed by atoms with Crippen LogP contribution in [0, 0.1) is 0 Å². The summed E-state index contributed by atoms with van der Waals surface area (Å²) in [7, 11) is -2.39. The Morgan fingerprint density at radius 1 is 1.22 bits per heavy atom. The van der Waals surface area contributed by atoms with Crippen LogP contribution in [0.1, 0.15) is 5.56 Å². The zero-order valence-corrected chi connectivity index (χ0v) is 15.1. The highest BCUT2D eigenvalue weighted by molar-refractivity contribution is 7.89. The van der Waals surface area contributed by atoms with Gasteiger partial charge in [-0.2, -0.15) is 0 Å². The first kappa shape index (κ1) is 18.7. The van der Waals surface area contributed by atoms with E-state index in [0.29, 0.717) is 11.3 Å². The lowest BCUT2D eigenvalue weighted by Gasteiger charge is -2.09. The van der Waals surface area contributed by atoms with Gasteiger partial charge in [0.25, 0.3) is 0 Å². The number of carbonyl (C=O) groups is 1. The second-order valence-electron chi connectivity index (χ2n) is 5.63. The zero-order valence-electron chi connectivity index (χ0n) is 14.3. The molecule has 3 N–H and O–H groups in total. The van der Waals surface area contributed by atoms with Crippen molar-refractivity contribution < 1.29 is 22.4 Å². The first-order valence-corrected chi connectivity index (χ1v) is 9.38. The van der Waals surface area contributed by atoms with Crippen LogP contribution in [0.4, 0.5) is 0 Å². The molecule has 1 amide bonds. The first-order chi connectivity index (χ1) is 12.9. The van der Waals surface area contributed by atoms with E-state index in [1.54, 1.807) is 25.3 Å². The van der Waals surface area contributed by atoms with Gasteiger partial charge in [0.15, 0.2) is 5.58 Å². The number of oxazole rings is 1. The number of benzene rings is 2. The normalized spacial score (nSPS) is 11.4. The average Bonchev–Trinajstić information content (AvgIpc) is 3.04. The largest absolute Gasteiger partial charge is 0.497 e. The number of rotatable bonds is 7. The second-order valence-corrected chi connectivity index (χ2v) is 7.39. The van der Waals surface area contributed by atoms with Gasteiger partial charge in [-0.1, -0.05) is 12.1 Å². The lowest BCUT2D eigenvalue weighted by atomic mass is 10.2. The molecule has 0 saturated carbocycles. The quantitative estimate of drug-likeness (QED) is 0.544. The fourth-order valence-corrected chi connectivity index (χ4v) is 3.38. The summed E-state index contributed by atoms with van der Waals surface area (Å²) >= 11 is 0. The smallest absolute Gasteiger partial charge is 0.417 e. The van der Waals surface area contributed by atoms with Crippen LogP contribution < -0.4 is 20.5 Å². The van der Waals surface area contributed by atoms with E-state index in [1.165, 1.54) is 18.2 Å². The van der Waals surface area contributed by atoms with Crippen molar-refractivity contribution in [2.24, 2.45) is 0 Å². The number of hydrogen-bond donors (Lipinski definition) is 3. The molecule has 0 aliphatic rings. The number of aromatic nitrogens is 1. The maximum absolute atomic E-state index is 12.3. The van der Waals surface area contributed by atoms with E-state index in [-0.39, 0.29) is 17.0 Å². The van der Waals surface area contributed by atoms with Crippen LogP contribution in [0.5, 0.6) is 5.75 Å². The summed E-state index contributed by atoms with van der Waals surface area (Å²) in [5, 5.41) is 2.62. The number of hydrogen-bond acceptors (Lipinski definition) is 6. The maximum atomic E-state index is 12.3. The van der Waals surface area contributed by atoms with Gasteiger partial charge in [-0.15, -0.1) is 0 Å². The van der Waals surface area contributed by atoms with E-state index in [2.05, 4.69) is 15.0 Å². The Kier molecular flexibility index (Phi) is 5.28. The highest BCUT2D eigenvalue weighted by Crippen LogP contribution is 2.16. The van der Waals surface area contributed by atoms with Gasteiger partial charge in [0.05, 0.1) is 24.1 Å². The van der Waals surface area contributed by atoms with Crippen molar-refractivity contribution in [1.29, 1.82) is 0 Å². The molecule has 1 heterocycles. The third kappa shape index (κ3) is 4.54. The van der Waals surface area contributed by atoms with Crippen molar-refractivity contribution in [3.05, 3.63) is 58.6 Å². The molecule has 10 heteroatoms. The number of aromatic amines is 1. The van der Waals surface area contributed by atoms with E-state index < -0.39 is 28.2 Å². The standard InChI is InChI=1S/C17H17N3O6S/c1-25-12-4-2-3-11(7-12)9-18-16(21)10-19-27(23,24)13-5-6-14-15(8-13)26-17(22)20-14/h2-8,19H,9-10H2,1H3,(H,18,21)(H,20,22). The first-order valence-electron chi connectivity index (χ1n) is 7.89. The Morgan fingerprint density at radius 3 is 2.81 bits per heavy atom. The molecule has 9 nitrogen and oxygen atoms in total. The summed E-state index contributed by atoms with van der Waals surface area (Å²) in [5.74, 6) is -0.505. The minimum Gasteiger partial charge on any atom is -0.497 e. The lowest BCUT2D eigenvalue weighted by Crippen LogP contribution is -2.36. The van der Waals surface area contributed by atoms with Crippen molar-refractivity contribution in [3.63, 3.8) is 0 Å². The van der Waals surface area contributed by atoms with Gasteiger partial charge in [-0.3, -0.25) is 9.78 Å². The Hall–Kier alpha value is -3.11. The molecule has 1 aromatic heterocycles. The van der Waals surface area contributed by atoms with Gasteiger partial charge >= 0.3 is 5.76 Å². The van der Waals surface area contributed by atoms with Crippen molar-refractivity contribution in [3.8, 4) is 5.75 Å². The number of methoxy groups -OCH3 is 1. The van der Waals surface area contributed by atoms with Gasteiger partial charge < -0.3 is 14.5 Å². The van der Waals surface area contributed by atoms with Crippen molar-refractivity contribution in [1.82, 2.24) is 15.0 Å². The summed E-state index contributed by atoms with van der Waals surface area (Å²) in [6, 6.07) is 11.1. The van der Waals surface area contributed by atoms with Crippen LogP contribution in [0.3, 0.4) is 0 Å². The van der Waals surface area contributed by atoms with E-state index in [0.717, 1.165) is 5.56 Å². The molecule has 3 rings (SSSR count). The summed E-state index contributed by atoms with van der Waals surface area (Å²) in [6.45, 7) is -0.195. The summed E-state index contributed by atoms with van der Waals surface area (Å²) < 4.78 is 36.8. The van der Waals surface area contributed by atoms with Crippen LogP contribution >= 0.6 is 0 Å². The number of fused-ring (bicyclic) bond motifs is 1. The summed E-state index contributed by atoms with van der Waals surface area (Å²) in [5.41, 5.74) is 1.32. The van der Waals surface area contributed by atoms with E-state index >= 15 is 0 Å². The third-order valence-corrected chi connectivity index (χ3v) is 5.15. The molecule has 0 aliphatic heterocycles. The predicted octanol–water partition coefficient (Wildman–Crippen LogP) is 0.724. The predicted molar refractivity (Wildman–Crippen MR) is 96.9 cm³/mol. The molecule has 3 aromatic rings. The lowest BCUT2D eigenvalue weighted by molar-refractivity contribution is -0.120. The van der Waals surface area contributed by atoms with Crippen LogP contribution in [-0.2, 0) is 21.4 Å². The van der Waals surface area contributed by atoms with Gasteiger partial charge in [0, 0.05) is 12.6 Å². The van der Waals surface area contributed by atoms with Crippen molar-refractivity contribution >= 4 is 27.0 Å². The summed E-state index contributed by atoms with van der Waals surface area (Å²) in [6.07, 6.45) is 0. The monoisotopic (exact) mass is 391 g/mol. The highest BCUT2D eigenvalue weighted by atomic mass is 32.2. The van der Waals surface area contributed by atoms with Crippen LogP contribution in [-0.4, -0.2) is 33.0 Å². The maximum Gasteiger partial charge on any atom is 0.417 e. The number of carbonyl (C=O) groups excluding carboxylic acids is 1. The topological polar surface area (TPSA) is 130 Å². The zero-order chi connectivity index (χ0) is 19.4. The number of amides is 1. The molecule has 0 saturated heterocycles. The van der Waals surface area contributed by atoms with E-state index in [9.17, 15) is 18.0 Å². The molecule has 0 aliphatic carbocycles. The minimum absolute atomic E-state index is 0.113. The molecule has 0 fully saturated rings. The number of ether oxygens (including phenoxy) is 1. The Bertz CT molecular complexity index is 1130. The van der Waals surface area contributed by atoms with Gasteiger partial charge in [-0.25, -0.2) is 17.9 Å². The molecular formula is C17H17N3O6S. The molecule has 0 radical (unpaired) electrons. The highest BCUT2D eigenvalue weighted by Gasteiger charge is 2.17. The third-order valence-electron chi connectivity index (χ3n) is 3.75. The molecule has 27 heavy (non-hydrogen) atoms. The van der Waals surface area contributed by atoms with Gasteiger partial charge in [-0.05, 0) is 29.8 Å². The average molecular weight is 391 g/mol. The number of nitrogens with one attached hydrogen (secondary N) is 3. The van der Waals surface area contributed by atoms with Crippen LogP contribution in [0.2, 0.25) is 0 Å². The molecule has 2 aromatic carbocycles. The molecular weight excluding hydrogens is 374 g/mol. The SMILES string of the molecule is COc1cccc(CNC(=O)CNS(=O)(=O)c2ccc3[nH]c(=O)oc3c2)c1. The van der Waals surface area contributed by atoms with Crippen LogP contribution in [0.25, 0.3) is 11.1 Å². The van der Waals surface area contributed by atoms with Crippen molar-refractivity contribution in [2.45, 2.75) is 11.4 Å². The van der Waals surface area contributed by atoms with Crippen LogP contribution in [0.15, 0.2) is 56.6 Å². The molecule has 0 unspecified atom stereocenters. The number of H-pyrrole nitrogens is 1. The van der Waals surface area contributed by atoms with E-state index in [1.807, 2.05) is 6.07 Å².